The highest BCUT2D eigenvalue weighted by molar-refractivity contribution is 5.81. The van der Waals surface area contributed by atoms with Gasteiger partial charge in [-0.2, -0.15) is 0 Å². The first-order valence-electron chi connectivity index (χ1n) is 19.5. The Morgan fingerprint density at radius 2 is 0.439 bits per heavy atom. The van der Waals surface area contributed by atoms with Crippen molar-refractivity contribution in [2.24, 2.45) is 0 Å². The summed E-state index contributed by atoms with van der Waals surface area (Å²) in [4.78, 5) is 4.75. The molecule has 57 heavy (non-hydrogen) atoms. The van der Waals surface area contributed by atoms with Crippen LogP contribution in [-0.4, -0.2) is 0 Å². The van der Waals surface area contributed by atoms with E-state index in [0.29, 0.717) is 0 Å². The van der Waals surface area contributed by atoms with E-state index in [1.165, 1.54) is 50.1 Å². The number of rotatable bonds is 11. The highest BCUT2D eigenvalue weighted by atomic mass is 15.2. The minimum Gasteiger partial charge on any atom is -0.337 e. The fourth-order valence-corrected chi connectivity index (χ4v) is 7.51. The van der Waals surface area contributed by atoms with Crippen LogP contribution >= 0.6 is 0 Å². The van der Waals surface area contributed by atoms with Crippen LogP contribution in [0.4, 0.5) is 28.4 Å². The van der Waals surface area contributed by atoms with Crippen LogP contribution in [0.1, 0.15) is 5.56 Å². The van der Waals surface area contributed by atoms with E-state index in [-0.39, 0.29) is 0 Å². The van der Waals surface area contributed by atoms with Crippen LogP contribution in [0.25, 0.3) is 44.5 Å². The van der Waals surface area contributed by atoms with Crippen LogP contribution in [0.5, 0.6) is 0 Å². The van der Waals surface area contributed by atoms with Gasteiger partial charge in [-0.3, -0.25) is 0 Å². The molecule has 2 heteroatoms. The fraction of sp³-hybridized carbons (Fsp3) is 0.0182. The van der Waals surface area contributed by atoms with E-state index < -0.39 is 0 Å². The van der Waals surface area contributed by atoms with Crippen molar-refractivity contribution in [3.05, 3.63) is 248 Å². The quantitative estimate of drug-likeness (QED) is 0.131. The van der Waals surface area contributed by atoms with Gasteiger partial charge in [-0.25, -0.2) is 0 Å². The zero-order chi connectivity index (χ0) is 38.2. The van der Waals surface area contributed by atoms with Gasteiger partial charge in [0.1, 0.15) is 0 Å². The smallest absolute Gasteiger partial charge is 0.0481 e. The molecule has 2 nitrogen and oxygen atoms in total. The molecule has 0 N–H and O–H groups in total. The molecule has 0 unspecified atom stereocenters. The molecule has 0 aromatic heterocycles. The third-order valence-corrected chi connectivity index (χ3v) is 10.6. The van der Waals surface area contributed by atoms with Gasteiger partial charge in [0.2, 0.25) is 0 Å². The van der Waals surface area contributed by atoms with Crippen LogP contribution in [0.3, 0.4) is 0 Å². The van der Waals surface area contributed by atoms with Crippen molar-refractivity contribution >= 4 is 28.4 Å². The van der Waals surface area contributed by atoms with E-state index in [0.717, 1.165) is 35.0 Å². The second-order valence-corrected chi connectivity index (χ2v) is 14.2. The number of hydrogen-bond donors (Lipinski definition) is 0. The van der Waals surface area contributed by atoms with Gasteiger partial charge >= 0.3 is 0 Å². The Morgan fingerprint density at radius 1 is 0.211 bits per heavy atom. The minimum atomic E-state index is 0.727. The van der Waals surface area contributed by atoms with Crippen molar-refractivity contribution < 1.29 is 0 Å². The van der Waals surface area contributed by atoms with E-state index in [4.69, 9.17) is 0 Å². The molecule has 0 saturated carbocycles. The zero-order valence-electron chi connectivity index (χ0n) is 31.7. The number of anilines is 5. The first kappa shape index (κ1) is 35.3. The van der Waals surface area contributed by atoms with E-state index in [1.807, 2.05) is 0 Å². The van der Waals surface area contributed by atoms with Gasteiger partial charge in [-0.1, -0.05) is 182 Å². The SMILES string of the molecule is c1ccc(-c2ccc(CN(c3ccc(-c4ccccc4)cc3)c3ccc(N(c4ccc(-c5ccccc5)cc4)c4ccc(-c5ccccc5)cc4)cc3)cc2)cc1. The topological polar surface area (TPSA) is 6.48 Å². The van der Waals surface area contributed by atoms with Gasteiger partial charge in [0, 0.05) is 35.0 Å². The Balaban J connectivity index is 1.07. The Labute approximate surface area is 336 Å². The molecule has 272 valence electrons. The molecule has 0 heterocycles. The van der Waals surface area contributed by atoms with E-state index >= 15 is 0 Å². The predicted molar refractivity (Wildman–Crippen MR) is 242 cm³/mol. The average molecular weight is 731 g/mol. The van der Waals surface area contributed by atoms with E-state index in [2.05, 4.69) is 252 Å². The molecular weight excluding hydrogens is 689 g/mol. The third-order valence-electron chi connectivity index (χ3n) is 10.6. The summed E-state index contributed by atoms with van der Waals surface area (Å²) in [5.41, 5.74) is 16.4. The summed E-state index contributed by atoms with van der Waals surface area (Å²) in [5.74, 6) is 0. The Hall–Kier alpha value is -7.42. The molecule has 0 bridgehead atoms. The van der Waals surface area contributed by atoms with E-state index in [9.17, 15) is 0 Å². The molecule has 0 fully saturated rings. The van der Waals surface area contributed by atoms with Crippen LogP contribution in [-0.2, 0) is 6.54 Å². The normalized spacial score (nSPS) is 10.9. The molecule has 0 aliphatic carbocycles. The van der Waals surface area contributed by atoms with Crippen molar-refractivity contribution in [1.29, 1.82) is 0 Å². The molecular formula is C55H42N2. The summed E-state index contributed by atoms with van der Waals surface area (Å²) in [6.07, 6.45) is 0. The minimum absolute atomic E-state index is 0.727. The molecule has 0 aliphatic heterocycles. The molecule has 0 saturated heterocycles. The van der Waals surface area contributed by atoms with Crippen molar-refractivity contribution in [1.82, 2.24) is 0 Å². The van der Waals surface area contributed by atoms with Gasteiger partial charge in [-0.15, -0.1) is 0 Å². The maximum Gasteiger partial charge on any atom is 0.0481 e. The molecule has 0 atom stereocenters. The maximum absolute atomic E-state index is 2.41. The lowest BCUT2D eigenvalue weighted by atomic mass is 10.0. The average Bonchev–Trinajstić information content (AvgIpc) is 3.30. The van der Waals surface area contributed by atoms with Crippen LogP contribution in [0.15, 0.2) is 243 Å². The first-order chi connectivity index (χ1) is 28.2. The van der Waals surface area contributed by atoms with Crippen molar-refractivity contribution in [2.45, 2.75) is 6.54 Å². The fourth-order valence-electron chi connectivity index (χ4n) is 7.51. The van der Waals surface area contributed by atoms with Crippen molar-refractivity contribution in [3.8, 4) is 44.5 Å². The Morgan fingerprint density at radius 3 is 0.754 bits per heavy atom. The van der Waals surface area contributed by atoms with Crippen LogP contribution < -0.4 is 9.80 Å². The number of benzene rings is 9. The predicted octanol–water partition coefficient (Wildman–Crippen LogP) is 15.2. The van der Waals surface area contributed by atoms with Gasteiger partial charge in [0.05, 0.1) is 0 Å². The Bertz CT molecular complexity index is 2540. The number of nitrogens with zero attached hydrogens (tertiary/aromatic N) is 2. The summed E-state index contributed by atoms with van der Waals surface area (Å²) in [7, 11) is 0. The zero-order valence-corrected chi connectivity index (χ0v) is 31.7. The molecule has 0 radical (unpaired) electrons. The summed E-state index contributed by atoms with van der Waals surface area (Å²) in [6.45, 7) is 0.727. The molecule has 9 aromatic carbocycles. The van der Waals surface area contributed by atoms with Crippen molar-refractivity contribution in [3.63, 3.8) is 0 Å². The second-order valence-electron chi connectivity index (χ2n) is 14.2. The standard InChI is InChI=1S/C55H42N2/c1-5-13-43(14-6-1)47-23-21-42(22-24-47)41-56(51-31-25-48(26-32-51)44-15-7-2-8-16-44)52-37-39-55(40-38-52)57(53-33-27-49(28-34-53)45-17-9-3-10-18-45)54-35-29-50(30-36-54)46-19-11-4-12-20-46/h1-40H,41H2. The molecule has 0 amide bonds. The number of hydrogen-bond acceptors (Lipinski definition) is 2. The van der Waals surface area contributed by atoms with E-state index in [1.54, 1.807) is 0 Å². The van der Waals surface area contributed by atoms with Gasteiger partial charge in [0.15, 0.2) is 0 Å². The van der Waals surface area contributed by atoms with Crippen LogP contribution in [0, 0.1) is 0 Å². The summed E-state index contributed by atoms with van der Waals surface area (Å²) < 4.78 is 0. The second kappa shape index (κ2) is 16.5. The maximum atomic E-state index is 2.41. The molecule has 0 spiro atoms. The first-order valence-corrected chi connectivity index (χ1v) is 19.5. The summed E-state index contributed by atoms with van der Waals surface area (Å²) >= 11 is 0. The van der Waals surface area contributed by atoms with Crippen LogP contribution in [0.2, 0.25) is 0 Å². The van der Waals surface area contributed by atoms with Gasteiger partial charge in [0.25, 0.3) is 0 Å². The molecule has 0 aliphatic rings. The lowest BCUT2D eigenvalue weighted by molar-refractivity contribution is 0.975. The lowest BCUT2D eigenvalue weighted by Crippen LogP contribution is -2.17. The van der Waals surface area contributed by atoms with Gasteiger partial charge in [-0.05, 0) is 111 Å². The lowest BCUT2D eigenvalue weighted by Gasteiger charge is -2.29. The highest BCUT2D eigenvalue weighted by Gasteiger charge is 2.16. The van der Waals surface area contributed by atoms with Gasteiger partial charge < -0.3 is 9.80 Å². The largest absolute Gasteiger partial charge is 0.337 e. The highest BCUT2D eigenvalue weighted by Crippen LogP contribution is 2.39. The summed E-state index contributed by atoms with van der Waals surface area (Å²) in [5, 5.41) is 0. The summed E-state index contributed by atoms with van der Waals surface area (Å²) in [6, 6.07) is 86.9. The molecule has 9 aromatic rings. The third kappa shape index (κ3) is 8.03. The Kier molecular flexibility index (Phi) is 10.2. The monoisotopic (exact) mass is 730 g/mol. The molecule has 9 rings (SSSR count). The van der Waals surface area contributed by atoms with Crippen molar-refractivity contribution in [2.75, 3.05) is 9.80 Å².